The van der Waals surface area contributed by atoms with E-state index in [9.17, 15) is 0 Å². The molecule has 0 aliphatic heterocycles. The van der Waals surface area contributed by atoms with E-state index in [0.29, 0.717) is 0 Å². The number of rotatable bonds is 4. The van der Waals surface area contributed by atoms with Gasteiger partial charge in [0, 0.05) is 10.5 Å². The lowest BCUT2D eigenvalue weighted by Crippen LogP contribution is -1.85. The number of nitrogens with zero attached hydrogens (tertiary/aromatic N) is 1. The fraction of sp³-hybridized carbons (Fsp3) is 0.235. The molecule has 20 heavy (non-hydrogen) atoms. The zero-order chi connectivity index (χ0) is 15.4. The maximum atomic E-state index is 4.03. The quantitative estimate of drug-likeness (QED) is 0.698. The molecule has 0 spiro atoms. The van der Waals surface area contributed by atoms with Gasteiger partial charge in [0.05, 0.1) is 18.2 Å². The van der Waals surface area contributed by atoms with Gasteiger partial charge in [0.1, 0.15) is 0 Å². The molecule has 0 amide bonds. The Kier molecular flexibility index (Phi) is 10.2. The molecule has 0 aliphatic rings. The summed E-state index contributed by atoms with van der Waals surface area (Å²) in [5.41, 5.74) is 3.22. The third-order valence-electron chi connectivity index (χ3n) is 2.27. The van der Waals surface area contributed by atoms with Crippen LogP contribution in [-0.2, 0) is 0 Å². The largest absolute Gasteiger partial charge is 0.345 e. The maximum absolute atomic E-state index is 4.03. The molecular formula is C17H24N2S. The van der Waals surface area contributed by atoms with Gasteiger partial charge in [0.2, 0.25) is 0 Å². The summed E-state index contributed by atoms with van der Waals surface area (Å²) in [6, 6.07) is 6.13. The van der Waals surface area contributed by atoms with Gasteiger partial charge < -0.3 is 4.98 Å². The lowest BCUT2D eigenvalue weighted by atomic mass is 10.1. The van der Waals surface area contributed by atoms with Gasteiger partial charge in [-0.25, -0.2) is 4.98 Å². The van der Waals surface area contributed by atoms with E-state index >= 15 is 0 Å². The zero-order valence-corrected chi connectivity index (χ0v) is 13.6. The zero-order valence-electron chi connectivity index (χ0n) is 12.8. The smallest absolute Gasteiger partial charge is 0.0924 e. The first-order chi connectivity index (χ1) is 9.86. The van der Waals surface area contributed by atoms with E-state index in [2.05, 4.69) is 35.3 Å². The summed E-state index contributed by atoms with van der Waals surface area (Å²) in [6.07, 6.45) is 5.35. The number of nitrogens with one attached hydrogen (secondary N) is 1. The Balaban J connectivity index is 0.000000829. The Bertz CT molecular complexity index is 502. The number of hydrogen-bond acceptors (Lipinski definition) is 2. The van der Waals surface area contributed by atoms with E-state index in [-0.39, 0.29) is 0 Å². The number of aromatic amines is 1. The molecule has 0 saturated carbocycles. The van der Waals surface area contributed by atoms with Gasteiger partial charge >= 0.3 is 0 Å². The van der Waals surface area contributed by atoms with Crippen LogP contribution >= 0.6 is 11.8 Å². The molecule has 0 bridgehead atoms. The molecule has 3 heteroatoms. The first-order valence-corrected chi connectivity index (χ1v) is 7.76. The Hall–Kier alpha value is -1.74. The Morgan fingerprint density at radius 1 is 1.15 bits per heavy atom. The lowest BCUT2D eigenvalue weighted by molar-refractivity contribution is 1.31. The third-order valence-corrected chi connectivity index (χ3v) is 3.05. The predicted octanol–water partition coefficient (Wildman–Crippen LogP) is 6.01. The summed E-state index contributed by atoms with van der Waals surface area (Å²) in [6.45, 7) is 15.6. The van der Waals surface area contributed by atoms with Gasteiger partial charge in [-0.15, -0.1) is 0 Å². The first-order valence-electron chi connectivity index (χ1n) is 6.88. The van der Waals surface area contributed by atoms with Crippen LogP contribution in [0.5, 0.6) is 0 Å². The Morgan fingerprint density at radius 3 is 2.35 bits per heavy atom. The van der Waals surface area contributed by atoms with E-state index < -0.39 is 0 Å². The second kappa shape index (κ2) is 11.1. The summed E-state index contributed by atoms with van der Waals surface area (Å²) >= 11 is 1.60. The molecular weight excluding hydrogens is 264 g/mol. The van der Waals surface area contributed by atoms with E-state index in [4.69, 9.17) is 0 Å². The Morgan fingerprint density at radius 2 is 1.85 bits per heavy atom. The second-order valence-corrected chi connectivity index (χ2v) is 4.18. The maximum Gasteiger partial charge on any atom is 0.0924 e. The standard InChI is InChI=1S/C13H12N2S.2C2H6/c1-3-10-11(12-8-14-9-15-12)6-5-7-13(10)16-4-2;2*1-2/h3-9H,1-2H2,(H,14,15);2*1-2H3. The van der Waals surface area contributed by atoms with Crippen molar-refractivity contribution in [3.63, 3.8) is 0 Å². The van der Waals surface area contributed by atoms with E-state index in [1.807, 2.05) is 51.4 Å². The molecule has 2 nitrogen and oxygen atoms in total. The average molecular weight is 288 g/mol. The van der Waals surface area contributed by atoms with Crippen molar-refractivity contribution < 1.29 is 0 Å². The van der Waals surface area contributed by atoms with Crippen molar-refractivity contribution in [3.05, 3.63) is 54.9 Å². The molecule has 1 aromatic carbocycles. The minimum Gasteiger partial charge on any atom is -0.345 e. The van der Waals surface area contributed by atoms with Gasteiger partial charge in [-0.1, -0.05) is 70.8 Å². The van der Waals surface area contributed by atoms with Crippen LogP contribution in [0.15, 0.2) is 54.2 Å². The fourth-order valence-corrected chi connectivity index (χ4v) is 2.24. The van der Waals surface area contributed by atoms with E-state index in [0.717, 1.165) is 21.7 Å². The van der Waals surface area contributed by atoms with Crippen LogP contribution in [-0.4, -0.2) is 9.97 Å². The van der Waals surface area contributed by atoms with Crippen LogP contribution < -0.4 is 0 Å². The molecule has 2 aromatic rings. The third kappa shape index (κ3) is 4.74. The van der Waals surface area contributed by atoms with Gasteiger partial charge in [-0.05, 0) is 17.0 Å². The normalized spacial score (nSPS) is 8.60. The number of aromatic nitrogens is 2. The molecule has 1 heterocycles. The summed E-state index contributed by atoms with van der Waals surface area (Å²) in [7, 11) is 0. The Labute approximate surface area is 127 Å². The van der Waals surface area contributed by atoms with Crippen LogP contribution in [0.4, 0.5) is 0 Å². The summed E-state index contributed by atoms with van der Waals surface area (Å²) in [4.78, 5) is 8.29. The monoisotopic (exact) mass is 288 g/mol. The SMILES string of the molecule is C=CSc1cccc(-c2cnc[nH]2)c1C=C.CC.CC. The van der Waals surface area contributed by atoms with E-state index in [1.165, 1.54) is 0 Å². The molecule has 1 N–H and O–H groups in total. The number of benzene rings is 1. The van der Waals surface area contributed by atoms with Crippen LogP contribution in [0.1, 0.15) is 33.3 Å². The molecule has 1 aromatic heterocycles. The van der Waals surface area contributed by atoms with Crippen LogP contribution in [0.2, 0.25) is 0 Å². The molecule has 0 aliphatic carbocycles. The average Bonchev–Trinajstić information content (AvgIpc) is 3.05. The summed E-state index contributed by atoms with van der Waals surface area (Å²) < 4.78 is 0. The van der Waals surface area contributed by atoms with Crippen LogP contribution in [0.25, 0.3) is 17.3 Å². The minimum absolute atomic E-state index is 1.00. The molecule has 0 unspecified atom stereocenters. The van der Waals surface area contributed by atoms with Crippen LogP contribution in [0.3, 0.4) is 0 Å². The highest BCUT2D eigenvalue weighted by molar-refractivity contribution is 8.02. The molecule has 0 radical (unpaired) electrons. The van der Waals surface area contributed by atoms with Gasteiger partial charge in [0.15, 0.2) is 0 Å². The lowest BCUT2D eigenvalue weighted by Gasteiger charge is -2.08. The topological polar surface area (TPSA) is 28.7 Å². The predicted molar refractivity (Wildman–Crippen MR) is 92.9 cm³/mol. The van der Waals surface area contributed by atoms with Crippen molar-refractivity contribution in [3.8, 4) is 11.3 Å². The fourth-order valence-electron chi connectivity index (χ4n) is 1.59. The van der Waals surface area contributed by atoms with Crippen molar-refractivity contribution >= 4 is 17.8 Å². The molecule has 2 rings (SSSR count). The highest BCUT2D eigenvalue weighted by Gasteiger charge is 2.07. The van der Waals surface area contributed by atoms with Crippen molar-refractivity contribution in [1.82, 2.24) is 9.97 Å². The highest BCUT2D eigenvalue weighted by atomic mass is 32.2. The number of H-pyrrole nitrogens is 1. The van der Waals surface area contributed by atoms with Gasteiger partial charge in [-0.2, -0.15) is 0 Å². The molecule has 0 saturated heterocycles. The van der Waals surface area contributed by atoms with Crippen molar-refractivity contribution in [2.75, 3.05) is 0 Å². The van der Waals surface area contributed by atoms with Crippen molar-refractivity contribution in [2.45, 2.75) is 32.6 Å². The highest BCUT2D eigenvalue weighted by Crippen LogP contribution is 2.31. The molecule has 0 fully saturated rings. The molecule has 0 atom stereocenters. The number of hydrogen-bond donors (Lipinski definition) is 1. The minimum atomic E-state index is 1.00. The van der Waals surface area contributed by atoms with Crippen molar-refractivity contribution in [1.29, 1.82) is 0 Å². The van der Waals surface area contributed by atoms with Crippen LogP contribution in [0, 0.1) is 0 Å². The number of thioether (sulfide) groups is 1. The summed E-state index contributed by atoms with van der Waals surface area (Å²) in [5, 5.41) is 1.82. The van der Waals surface area contributed by atoms with Crippen molar-refractivity contribution in [2.24, 2.45) is 0 Å². The second-order valence-electron chi connectivity index (χ2n) is 3.17. The molecule has 108 valence electrons. The summed E-state index contributed by atoms with van der Waals surface area (Å²) in [5.74, 6) is 0. The van der Waals surface area contributed by atoms with Gasteiger partial charge in [0.25, 0.3) is 0 Å². The number of imidazole rings is 1. The van der Waals surface area contributed by atoms with Gasteiger partial charge in [-0.3, -0.25) is 0 Å². The van der Waals surface area contributed by atoms with E-state index in [1.54, 1.807) is 18.1 Å². The first kappa shape index (κ1) is 18.3.